The zero-order valence-corrected chi connectivity index (χ0v) is 11.8. The fourth-order valence-electron chi connectivity index (χ4n) is 1.64. The molecule has 0 amide bonds. The Hall–Kier alpha value is -0.0900. The Balaban J connectivity index is 2.52. The molecule has 0 spiro atoms. The Morgan fingerprint density at radius 3 is 2.62 bits per heavy atom. The monoisotopic (exact) mass is 260 g/mol. The van der Waals surface area contributed by atoms with Crippen molar-refractivity contribution in [2.45, 2.75) is 39.7 Å². The van der Waals surface area contributed by atoms with E-state index >= 15 is 0 Å². The zero-order chi connectivity index (χ0) is 12.0. The van der Waals surface area contributed by atoms with Crippen molar-refractivity contribution in [3.05, 3.63) is 10.3 Å². The highest BCUT2D eigenvalue weighted by atomic mass is 32.2. The SMILES string of the molecule is CC[C@@H](OC(C)=O)[C@@H](C)C=C1SCCCS1. The maximum atomic E-state index is 11.0. The van der Waals surface area contributed by atoms with Crippen molar-refractivity contribution in [2.24, 2.45) is 5.92 Å². The summed E-state index contributed by atoms with van der Waals surface area (Å²) in [5.74, 6) is 2.56. The molecule has 1 saturated heterocycles. The third-order valence-corrected chi connectivity index (χ3v) is 5.02. The fraction of sp³-hybridized carbons (Fsp3) is 0.750. The highest BCUT2D eigenvalue weighted by Crippen LogP contribution is 2.36. The Morgan fingerprint density at radius 2 is 2.12 bits per heavy atom. The Kier molecular flexibility index (Phi) is 6.36. The predicted octanol–water partition coefficient (Wildman–Crippen LogP) is 3.68. The molecule has 16 heavy (non-hydrogen) atoms. The third-order valence-electron chi connectivity index (χ3n) is 2.48. The standard InChI is InChI=1S/C12H20O2S2/c1-4-11(14-10(3)13)9(2)8-12-15-6-5-7-16-12/h8-9,11H,4-7H2,1-3H3/t9-,11+/m0/s1. The van der Waals surface area contributed by atoms with E-state index < -0.39 is 0 Å². The lowest BCUT2D eigenvalue weighted by Gasteiger charge is -2.21. The van der Waals surface area contributed by atoms with Crippen LogP contribution in [0.3, 0.4) is 0 Å². The van der Waals surface area contributed by atoms with Gasteiger partial charge in [0.25, 0.3) is 0 Å². The maximum Gasteiger partial charge on any atom is 0.302 e. The molecule has 0 aromatic heterocycles. The van der Waals surface area contributed by atoms with E-state index in [2.05, 4.69) is 19.9 Å². The van der Waals surface area contributed by atoms with Crippen LogP contribution in [-0.4, -0.2) is 23.6 Å². The molecule has 4 heteroatoms. The normalized spacial score (nSPS) is 20.1. The summed E-state index contributed by atoms with van der Waals surface area (Å²) < 4.78 is 6.69. The van der Waals surface area contributed by atoms with Crippen LogP contribution in [0.4, 0.5) is 0 Å². The predicted molar refractivity (Wildman–Crippen MR) is 72.6 cm³/mol. The first-order valence-corrected chi connectivity index (χ1v) is 7.75. The van der Waals surface area contributed by atoms with Crippen LogP contribution in [-0.2, 0) is 9.53 Å². The van der Waals surface area contributed by atoms with Gasteiger partial charge in [0.05, 0.1) is 0 Å². The highest BCUT2D eigenvalue weighted by molar-refractivity contribution is 8.22. The number of hydrogen-bond acceptors (Lipinski definition) is 4. The van der Waals surface area contributed by atoms with Crippen molar-refractivity contribution in [3.63, 3.8) is 0 Å². The zero-order valence-electron chi connectivity index (χ0n) is 10.2. The van der Waals surface area contributed by atoms with Gasteiger partial charge >= 0.3 is 5.97 Å². The van der Waals surface area contributed by atoms with Crippen LogP contribution in [0.5, 0.6) is 0 Å². The molecule has 0 aromatic rings. The minimum Gasteiger partial charge on any atom is -0.462 e. The molecule has 0 N–H and O–H groups in total. The Morgan fingerprint density at radius 1 is 1.50 bits per heavy atom. The minimum atomic E-state index is -0.180. The van der Waals surface area contributed by atoms with Crippen LogP contribution in [0.15, 0.2) is 10.3 Å². The van der Waals surface area contributed by atoms with Crippen molar-refractivity contribution in [1.29, 1.82) is 0 Å². The van der Waals surface area contributed by atoms with Crippen LogP contribution >= 0.6 is 23.5 Å². The third kappa shape index (κ3) is 4.83. The molecule has 0 radical (unpaired) electrons. The van der Waals surface area contributed by atoms with E-state index in [1.807, 2.05) is 23.5 Å². The maximum absolute atomic E-state index is 11.0. The molecule has 1 rings (SSSR count). The average molecular weight is 260 g/mol. The van der Waals surface area contributed by atoms with Gasteiger partial charge in [0.15, 0.2) is 0 Å². The van der Waals surface area contributed by atoms with E-state index in [0.717, 1.165) is 6.42 Å². The van der Waals surface area contributed by atoms with Gasteiger partial charge in [0.2, 0.25) is 0 Å². The molecule has 0 aliphatic carbocycles. The smallest absolute Gasteiger partial charge is 0.302 e. The first-order chi connectivity index (χ1) is 7.63. The second-order valence-corrected chi connectivity index (χ2v) is 6.48. The Labute approximate surface area is 107 Å². The summed E-state index contributed by atoms with van der Waals surface area (Å²) in [4.78, 5) is 11.0. The molecule has 0 bridgehead atoms. The lowest BCUT2D eigenvalue weighted by Crippen LogP contribution is -2.22. The van der Waals surface area contributed by atoms with E-state index in [9.17, 15) is 4.79 Å². The molecule has 1 aliphatic rings. The number of hydrogen-bond donors (Lipinski definition) is 0. The molecule has 1 fully saturated rings. The number of carbonyl (C=O) groups excluding carboxylic acids is 1. The highest BCUT2D eigenvalue weighted by Gasteiger charge is 2.18. The van der Waals surface area contributed by atoms with Gasteiger partial charge in [-0.2, -0.15) is 0 Å². The van der Waals surface area contributed by atoms with Gasteiger partial charge in [0, 0.05) is 17.1 Å². The molecule has 0 saturated carbocycles. The summed E-state index contributed by atoms with van der Waals surface area (Å²) in [7, 11) is 0. The van der Waals surface area contributed by atoms with Gasteiger partial charge in [-0.15, -0.1) is 23.5 Å². The summed E-state index contributed by atoms with van der Waals surface area (Å²) >= 11 is 3.84. The van der Waals surface area contributed by atoms with Crippen LogP contribution in [0.1, 0.15) is 33.6 Å². The van der Waals surface area contributed by atoms with Crippen molar-refractivity contribution >= 4 is 29.5 Å². The average Bonchev–Trinajstić information content (AvgIpc) is 2.26. The van der Waals surface area contributed by atoms with E-state index in [0.29, 0.717) is 5.92 Å². The molecule has 2 atom stereocenters. The van der Waals surface area contributed by atoms with Gasteiger partial charge in [-0.25, -0.2) is 0 Å². The topological polar surface area (TPSA) is 26.3 Å². The summed E-state index contributed by atoms with van der Waals surface area (Å²) in [6, 6.07) is 0. The Bertz CT molecular complexity index is 256. The van der Waals surface area contributed by atoms with E-state index in [1.165, 1.54) is 29.1 Å². The summed E-state index contributed by atoms with van der Waals surface area (Å²) in [5, 5.41) is 0. The van der Waals surface area contributed by atoms with Gasteiger partial charge in [-0.05, 0) is 24.3 Å². The van der Waals surface area contributed by atoms with Crippen molar-refractivity contribution in [2.75, 3.05) is 11.5 Å². The summed E-state index contributed by atoms with van der Waals surface area (Å²) in [6.45, 7) is 5.66. The number of ether oxygens (including phenoxy) is 1. The number of carbonyl (C=O) groups is 1. The number of esters is 1. The van der Waals surface area contributed by atoms with Crippen molar-refractivity contribution in [3.8, 4) is 0 Å². The van der Waals surface area contributed by atoms with E-state index in [1.54, 1.807) is 0 Å². The number of thioether (sulfide) groups is 2. The van der Waals surface area contributed by atoms with Gasteiger partial charge in [-0.3, -0.25) is 4.79 Å². The van der Waals surface area contributed by atoms with Crippen LogP contribution in [0.2, 0.25) is 0 Å². The molecule has 92 valence electrons. The summed E-state index contributed by atoms with van der Waals surface area (Å²) in [6.07, 6.45) is 4.45. The molecule has 2 nitrogen and oxygen atoms in total. The minimum absolute atomic E-state index is 0.0214. The molecule has 1 heterocycles. The van der Waals surface area contributed by atoms with E-state index in [4.69, 9.17) is 4.74 Å². The quantitative estimate of drug-likeness (QED) is 0.720. The molecule has 0 unspecified atom stereocenters. The van der Waals surface area contributed by atoms with Gasteiger partial charge in [-0.1, -0.05) is 19.9 Å². The lowest BCUT2D eigenvalue weighted by atomic mass is 10.0. The largest absolute Gasteiger partial charge is 0.462 e. The second kappa shape index (κ2) is 7.28. The van der Waals surface area contributed by atoms with Gasteiger partial charge in [0.1, 0.15) is 6.10 Å². The lowest BCUT2D eigenvalue weighted by molar-refractivity contribution is -0.148. The van der Waals surface area contributed by atoms with E-state index in [-0.39, 0.29) is 12.1 Å². The first-order valence-electron chi connectivity index (χ1n) is 5.78. The summed E-state index contributed by atoms with van der Waals surface area (Å²) in [5.41, 5.74) is 0. The van der Waals surface area contributed by atoms with Crippen LogP contribution < -0.4 is 0 Å². The van der Waals surface area contributed by atoms with Gasteiger partial charge < -0.3 is 4.74 Å². The second-order valence-electron chi connectivity index (χ2n) is 3.95. The molecular weight excluding hydrogens is 240 g/mol. The first kappa shape index (κ1) is 14.0. The number of rotatable bonds is 4. The van der Waals surface area contributed by atoms with Crippen LogP contribution in [0.25, 0.3) is 0 Å². The van der Waals surface area contributed by atoms with Crippen molar-refractivity contribution < 1.29 is 9.53 Å². The fourth-order valence-corrected chi connectivity index (χ4v) is 4.26. The van der Waals surface area contributed by atoms with Crippen LogP contribution in [0, 0.1) is 5.92 Å². The molecule has 0 aromatic carbocycles. The van der Waals surface area contributed by atoms with Crippen molar-refractivity contribution in [1.82, 2.24) is 0 Å². The molecule has 1 aliphatic heterocycles. The molecular formula is C12H20O2S2.